The van der Waals surface area contributed by atoms with Crippen LogP contribution in [0.25, 0.3) is 0 Å². The van der Waals surface area contributed by atoms with Crippen molar-refractivity contribution < 1.29 is 18.7 Å². The van der Waals surface area contributed by atoms with Gasteiger partial charge in [0.2, 0.25) is 0 Å². The van der Waals surface area contributed by atoms with Crippen molar-refractivity contribution in [3.8, 4) is 0 Å². The molecule has 3 N–H and O–H groups in total. The van der Waals surface area contributed by atoms with Crippen LogP contribution in [0.1, 0.15) is 53.7 Å². The Balaban J connectivity index is 1.76. The van der Waals surface area contributed by atoms with Crippen molar-refractivity contribution in [3.63, 3.8) is 0 Å². The van der Waals surface area contributed by atoms with Crippen LogP contribution in [0.2, 0.25) is 5.15 Å². The fourth-order valence-electron chi connectivity index (χ4n) is 4.30. The smallest absolute Gasteiger partial charge is 0.251 e. The van der Waals surface area contributed by atoms with E-state index < -0.39 is 29.7 Å². The molecule has 9 heteroatoms. The van der Waals surface area contributed by atoms with Crippen LogP contribution in [-0.4, -0.2) is 48.3 Å². The Kier molecular flexibility index (Phi) is 11.7. The Labute approximate surface area is 234 Å². The largest absolute Gasteiger partial charge is 0.390 e. The van der Waals surface area contributed by atoms with Crippen molar-refractivity contribution in [1.29, 1.82) is 0 Å². The molecule has 0 bridgehead atoms. The number of hydrogen-bond acceptors (Lipinski definition) is 5. The summed E-state index contributed by atoms with van der Waals surface area (Å²) in [6.45, 7) is 5.60. The predicted octanol–water partition coefficient (Wildman–Crippen LogP) is 5.30. The van der Waals surface area contributed by atoms with Crippen molar-refractivity contribution in [3.05, 3.63) is 93.6 Å². The number of hydrogen-bond donors (Lipinski definition) is 3. The molecule has 1 aromatic heterocycles. The summed E-state index contributed by atoms with van der Waals surface area (Å²) >= 11 is 6.22. The molecule has 2 aromatic carbocycles. The fraction of sp³-hybridized carbons (Fsp3) is 0.400. The van der Waals surface area contributed by atoms with Gasteiger partial charge in [-0.25, -0.2) is 13.8 Å². The molecule has 0 radical (unpaired) electrons. The summed E-state index contributed by atoms with van der Waals surface area (Å²) in [5, 5.41) is 17.3. The summed E-state index contributed by atoms with van der Waals surface area (Å²) in [6, 6.07) is 13.6. The molecule has 39 heavy (non-hydrogen) atoms. The lowest BCUT2D eigenvalue weighted by Gasteiger charge is -2.25. The van der Waals surface area contributed by atoms with Crippen LogP contribution in [0.5, 0.6) is 0 Å². The Bertz CT molecular complexity index is 1220. The van der Waals surface area contributed by atoms with E-state index in [1.54, 1.807) is 6.07 Å². The van der Waals surface area contributed by atoms with E-state index in [4.69, 9.17) is 11.6 Å². The molecule has 3 aromatic rings. The zero-order valence-electron chi connectivity index (χ0n) is 22.7. The number of unbranched alkanes of at least 4 members (excludes halogenated alkanes) is 1. The molecule has 0 aliphatic carbocycles. The van der Waals surface area contributed by atoms with Crippen LogP contribution >= 0.6 is 11.6 Å². The number of carbonyl (C=O) groups is 1. The Morgan fingerprint density at radius 2 is 1.77 bits per heavy atom. The predicted molar refractivity (Wildman–Crippen MR) is 152 cm³/mol. The Hall–Kier alpha value is -3.07. The van der Waals surface area contributed by atoms with Crippen LogP contribution in [-0.2, 0) is 19.4 Å². The molecule has 0 aliphatic rings. The van der Waals surface area contributed by atoms with Gasteiger partial charge in [0.15, 0.2) is 0 Å². The van der Waals surface area contributed by atoms with E-state index in [0.717, 1.165) is 37.4 Å². The minimum absolute atomic E-state index is 0.0245. The van der Waals surface area contributed by atoms with Gasteiger partial charge in [0, 0.05) is 38.3 Å². The number of aliphatic hydroxyl groups is 1. The molecule has 2 atom stereocenters. The summed E-state index contributed by atoms with van der Waals surface area (Å²) in [4.78, 5) is 19.5. The number of pyridine rings is 1. The first-order chi connectivity index (χ1) is 18.7. The van der Waals surface area contributed by atoms with Gasteiger partial charge in [-0.2, -0.15) is 0 Å². The number of nitrogens with one attached hydrogen (secondary N) is 2. The number of aryl methyl sites for hydroxylation is 1. The maximum absolute atomic E-state index is 13.9. The normalized spacial score (nSPS) is 12.7. The van der Waals surface area contributed by atoms with Gasteiger partial charge in [0.05, 0.1) is 12.1 Å². The van der Waals surface area contributed by atoms with Crippen LogP contribution in [0.3, 0.4) is 0 Å². The molecular weight excluding hydrogens is 522 g/mol. The second-order valence-electron chi connectivity index (χ2n) is 9.75. The summed E-state index contributed by atoms with van der Waals surface area (Å²) in [5.41, 5.74) is 2.88. The van der Waals surface area contributed by atoms with Crippen molar-refractivity contribution in [1.82, 2.24) is 15.6 Å². The van der Waals surface area contributed by atoms with Crippen LogP contribution in [0, 0.1) is 11.6 Å². The highest BCUT2D eigenvalue weighted by Gasteiger charge is 2.24. The number of aliphatic hydroxyl groups excluding tert-OH is 1. The van der Waals surface area contributed by atoms with Gasteiger partial charge in [-0.15, -0.1) is 0 Å². The SMILES string of the molecule is CCCCN(C)c1cc(C(=O)N[C@@H](Cc2cc(F)cc(F)c2)[C@H](O)CNCc2cccc(CC)c2)cc(Cl)n1. The topological polar surface area (TPSA) is 77.5 Å². The molecular formula is C30H37ClF2N4O2. The minimum Gasteiger partial charge on any atom is -0.390 e. The van der Waals surface area contributed by atoms with Gasteiger partial charge >= 0.3 is 0 Å². The van der Waals surface area contributed by atoms with E-state index in [-0.39, 0.29) is 23.7 Å². The molecule has 1 heterocycles. The lowest BCUT2D eigenvalue weighted by molar-refractivity contribution is 0.0829. The second-order valence-corrected chi connectivity index (χ2v) is 10.1. The zero-order valence-corrected chi connectivity index (χ0v) is 23.4. The molecule has 1 amide bonds. The van der Waals surface area contributed by atoms with E-state index in [1.807, 2.05) is 24.1 Å². The van der Waals surface area contributed by atoms with E-state index in [9.17, 15) is 18.7 Å². The lowest BCUT2D eigenvalue weighted by Crippen LogP contribution is -2.48. The highest BCUT2D eigenvalue weighted by Crippen LogP contribution is 2.19. The number of benzene rings is 2. The molecule has 0 saturated carbocycles. The molecule has 3 rings (SSSR count). The zero-order chi connectivity index (χ0) is 28.4. The minimum atomic E-state index is -1.04. The van der Waals surface area contributed by atoms with Crippen molar-refractivity contribution in [2.75, 3.05) is 25.0 Å². The Morgan fingerprint density at radius 1 is 1.05 bits per heavy atom. The average molecular weight is 559 g/mol. The highest BCUT2D eigenvalue weighted by molar-refractivity contribution is 6.29. The summed E-state index contributed by atoms with van der Waals surface area (Å²) in [6.07, 6.45) is 1.87. The molecule has 210 valence electrons. The third-order valence-electron chi connectivity index (χ3n) is 6.52. The molecule has 0 saturated heterocycles. The van der Waals surface area contributed by atoms with Gasteiger partial charge in [-0.1, -0.05) is 56.1 Å². The van der Waals surface area contributed by atoms with E-state index in [1.165, 1.54) is 23.8 Å². The first-order valence-corrected chi connectivity index (χ1v) is 13.7. The first-order valence-electron chi connectivity index (χ1n) is 13.3. The number of aromatic nitrogens is 1. The number of anilines is 1. The third kappa shape index (κ3) is 9.56. The highest BCUT2D eigenvalue weighted by atomic mass is 35.5. The molecule has 0 fully saturated rings. The van der Waals surface area contributed by atoms with Gasteiger partial charge in [0.1, 0.15) is 22.6 Å². The maximum Gasteiger partial charge on any atom is 0.251 e. The molecule has 6 nitrogen and oxygen atoms in total. The van der Waals surface area contributed by atoms with Gasteiger partial charge in [-0.3, -0.25) is 4.79 Å². The van der Waals surface area contributed by atoms with Crippen molar-refractivity contribution in [2.24, 2.45) is 0 Å². The molecule has 0 aliphatic heterocycles. The summed E-state index contributed by atoms with van der Waals surface area (Å²) in [5.74, 6) is -1.36. The average Bonchev–Trinajstić information content (AvgIpc) is 2.90. The fourth-order valence-corrected chi connectivity index (χ4v) is 4.51. The van der Waals surface area contributed by atoms with Crippen molar-refractivity contribution >= 4 is 23.3 Å². The van der Waals surface area contributed by atoms with Crippen molar-refractivity contribution in [2.45, 2.75) is 58.2 Å². The number of carbonyl (C=O) groups excluding carboxylic acids is 1. The number of halogens is 3. The second kappa shape index (κ2) is 14.9. The van der Waals surface area contributed by atoms with Gasteiger partial charge in [0.25, 0.3) is 5.91 Å². The van der Waals surface area contributed by atoms with Crippen LogP contribution in [0.15, 0.2) is 54.6 Å². The quantitative estimate of drug-likeness (QED) is 0.234. The number of rotatable bonds is 14. The first kappa shape index (κ1) is 30.5. The lowest BCUT2D eigenvalue weighted by atomic mass is 10.00. The van der Waals surface area contributed by atoms with E-state index in [2.05, 4.69) is 41.6 Å². The third-order valence-corrected chi connectivity index (χ3v) is 6.72. The maximum atomic E-state index is 13.9. The van der Waals surface area contributed by atoms with E-state index >= 15 is 0 Å². The number of amides is 1. The summed E-state index contributed by atoms with van der Waals surface area (Å²) < 4.78 is 27.8. The molecule has 0 spiro atoms. The standard InChI is InChI=1S/C30H37ClF2N4O2/c1-4-6-10-37(3)29-16-23(15-28(31)36-29)30(39)35-26(14-22-12-24(32)17-25(33)13-22)27(38)19-34-18-21-9-7-8-20(5-2)11-21/h7-9,11-13,15-17,26-27,34,38H,4-6,10,14,18-19H2,1-3H3,(H,35,39)/t26-,27+/m0/s1. The van der Waals surface area contributed by atoms with Gasteiger partial charge in [-0.05, 0) is 60.2 Å². The Morgan fingerprint density at radius 3 is 2.46 bits per heavy atom. The van der Waals surface area contributed by atoms with Crippen LogP contribution in [0.4, 0.5) is 14.6 Å². The monoisotopic (exact) mass is 558 g/mol. The summed E-state index contributed by atoms with van der Waals surface area (Å²) in [7, 11) is 1.88. The molecule has 0 unspecified atom stereocenters. The number of nitrogens with zero attached hydrogens (tertiary/aromatic N) is 2. The van der Waals surface area contributed by atoms with Crippen LogP contribution < -0.4 is 15.5 Å². The van der Waals surface area contributed by atoms with Gasteiger partial charge < -0.3 is 20.6 Å². The van der Waals surface area contributed by atoms with E-state index in [0.29, 0.717) is 17.9 Å².